The number of anilines is 2. The quantitative estimate of drug-likeness (QED) is 0.555. The Bertz CT molecular complexity index is 1260. The summed E-state index contributed by atoms with van der Waals surface area (Å²) in [6.45, 7) is 10.2. The van der Waals surface area contributed by atoms with Crippen molar-refractivity contribution in [2.24, 2.45) is 7.05 Å². The Balaban J connectivity index is 1.77. The highest BCUT2D eigenvalue weighted by molar-refractivity contribution is 5.96. The largest absolute Gasteiger partial charge is 0.459 e. The number of para-hydroxylation sites is 1. The van der Waals surface area contributed by atoms with Gasteiger partial charge in [0, 0.05) is 31.4 Å². The molecule has 0 bridgehead atoms. The topological polar surface area (TPSA) is 85.7 Å². The number of benzene rings is 2. The van der Waals surface area contributed by atoms with Crippen molar-refractivity contribution < 1.29 is 14.3 Å². The molecule has 0 saturated carbocycles. The summed E-state index contributed by atoms with van der Waals surface area (Å²) < 4.78 is 12.5. The van der Waals surface area contributed by atoms with Crippen LogP contribution >= 0.6 is 0 Å². The van der Waals surface area contributed by atoms with Crippen LogP contribution < -0.4 is 15.8 Å². The lowest BCUT2D eigenvalue weighted by atomic mass is 10.0. The van der Waals surface area contributed by atoms with Gasteiger partial charge in [-0.25, -0.2) is 9.78 Å². The van der Waals surface area contributed by atoms with Gasteiger partial charge in [-0.1, -0.05) is 18.2 Å². The molecule has 0 spiro atoms. The molecule has 2 heterocycles. The fourth-order valence-electron chi connectivity index (χ4n) is 4.29. The number of hydrogen-bond acceptors (Lipinski definition) is 7. The van der Waals surface area contributed by atoms with Gasteiger partial charge in [0.15, 0.2) is 0 Å². The Morgan fingerprint density at radius 2 is 1.85 bits per heavy atom. The van der Waals surface area contributed by atoms with Crippen LogP contribution in [0.25, 0.3) is 10.9 Å². The van der Waals surface area contributed by atoms with Gasteiger partial charge in [0.1, 0.15) is 0 Å². The number of aryl methyl sites for hydroxylation is 1. The standard InChI is InChI=1S/C26H32N4O4/c1-16(2)34-25(32)19-8-6-7-9-22(19)27-18(4)20-14-17(3)15-21-23(20)28-26(29(5)24(21)31)30-10-12-33-13-11-30/h6-9,14-16,18,27H,10-13H2,1-5H3. The monoisotopic (exact) mass is 464 g/mol. The first kappa shape index (κ1) is 23.8. The zero-order valence-electron chi connectivity index (χ0n) is 20.4. The lowest BCUT2D eigenvalue weighted by molar-refractivity contribution is 0.0379. The van der Waals surface area contributed by atoms with Gasteiger partial charge >= 0.3 is 5.97 Å². The molecule has 8 nitrogen and oxygen atoms in total. The summed E-state index contributed by atoms with van der Waals surface area (Å²) in [5.41, 5.74) is 3.60. The highest BCUT2D eigenvalue weighted by atomic mass is 16.5. The molecule has 1 aliphatic heterocycles. The first-order valence-electron chi connectivity index (χ1n) is 11.7. The number of fused-ring (bicyclic) bond motifs is 1. The van der Waals surface area contributed by atoms with Crippen LogP contribution in [-0.2, 0) is 16.5 Å². The third-order valence-electron chi connectivity index (χ3n) is 5.95. The molecule has 1 N–H and O–H groups in total. The first-order chi connectivity index (χ1) is 16.3. The number of hydrogen-bond donors (Lipinski definition) is 1. The van der Waals surface area contributed by atoms with Gasteiger partial charge in [-0.2, -0.15) is 0 Å². The molecule has 1 unspecified atom stereocenters. The van der Waals surface area contributed by atoms with E-state index in [0.717, 1.165) is 11.1 Å². The fourth-order valence-corrected chi connectivity index (χ4v) is 4.29. The van der Waals surface area contributed by atoms with E-state index in [1.54, 1.807) is 17.7 Å². The van der Waals surface area contributed by atoms with Crippen LogP contribution in [0.4, 0.5) is 11.6 Å². The number of esters is 1. The second kappa shape index (κ2) is 9.85. The molecule has 0 amide bonds. The molecule has 0 aliphatic carbocycles. The van der Waals surface area contributed by atoms with E-state index in [1.165, 1.54) is 0 Å². The van der Waals surface area contributed by atoms with Crippen LogP contribution in [0.1, 0.15) is 48.3 Å². The summed E-state index contributed by atoms with van der Waals surface area (Å²) in [5.74, 6) is 0.264. The average Bonchev–Trinajstić information content (AvgIpc) is 2.81. The molecule has 34 heavy (non-hydrogen) atoms. The summed E-state index contributed by atoms with van der Waals surface area (Å²) in [6.07, 6.45) is -0.210. The van der Waals surface area contributed by atoms with E-state index in [1.807, 2.05) is 58.0 Å². The van der Waals surface area contributed by atoms with Crippen molar-refractivity contribution in [3.05, 3.63) is 63.4 Å². The number of ether oxygens (including phenoxy) is 2. The van der Waals surface area contributed by atoms with Crippen LogP contribution in [0.2, 0.25) is 0 Å². The second-order valence-corrected chi connectivity index (χ2v) is 8.99. The maximum Gasteiger partial charge on any atom is 0.340 e. The molecule has 1 fully saturated rings. The third kappa shape index (κ3) is 4.77. The number of morpholine rings is 1. The molecular formula is C26H32N4O4. The van der Waals surface area contributed by atoms with Crippen LogP contribution in [0.5, 0.6) is 0 Å². The molecule has 1 atom stereocenters. The van der Waals surface area contributed by atoms with Gasteiger partial charge in [0.05, 0.1) is 41.8 Å². The number of carbonyl (C=O) groups is 1. The van der Waals surface area contributed by atoms with Gasteiger partial charge in [0.2, 0.25) is 5.95 Å². The minimum atomic E-state index is -0.374. The Hall–Kier alpha value is -3.39. The minimum Gasteiger partial charge on any atom is -0.459 e. The minimum absolute atomic E-state index is 0.0791. The van der Waals surface area contributed by atoms with Crippen LogP contribution in [0.15, 0.2) is 41.2 Å². The molecule has 1 aliphatic rings. The first-order valence-corrected chi connectivity index (χ1v) is 11.7. The number of nitrogens with one attached hydrogen (secondary N) is 1. The van der Waals surface area contributed by atoms with Crippen molar-refractivity contribution in [3.63, 3.8) is 0 Å². The SMILES string of the molecule is Cc1cc(C(C)Nc2ccccc2C(=O)OC(C)C)c2nc(N3CCOCC3)n(C)c(=O)c2c1. The third-order valence-corrected chi connectivity index (χ3v) is 5.95. The predicted molar refractivity (Wildman–Crippen MR) is 134 cm³/mol. The van der Waals surface area contributed by atoms with E-state index in [4.69, 9.17) is 14.5 Å². The van der Waals surface area contributed by atoms with Crippen molar-refractivity contribution in [2.45, 2.75) is 39.8 Å². The zero-order valence-corrected chi connectivity index (χ0v) is 20.4. The molecule has 8 heteroatoms. The summed E-state index contributed by atoms with van der Waals surface area (Å²) in [5, 5.41) is 4.03. The molecule has 180 valence electrons. The molecule has 2 aromatic carbocycles. The van der Waals surface area contributed by atoms with E-state index in [9.17, 15) is 9.59 Å². The maximum absolute atomic E-state index is 13.3. The lowest BCUT2D eigenvalue weighted by Gasteiger charge is -2.29. The molecule has 0 radical (unpaired) electrons. The Morgan fingerprint density at radius 1 is 1.15 bits per heavy atom. The van der Waals surface area contributed by atoms with E-state index >= 15 is 0 Å². The predicted octanol–water partition coefficient (Wildman–Crippen LogP) is 3.82. The smallest absolute Gasteiger partial charge is 0.340 e. The average molecular weight is 465 g/mol. The second-order valence-electron chi connectivity index (χ2n) is 8.99. The van der Waals surface area contributed by atoms with Crippen LogP contribution in [0.3, 0.4) is 0 Å². The van der Waals surface area contributed by atoms with Crippen LogP contribution in [-0.4, -0.2) is 47.9 Å². The highest BCUT2D eigenvalue weighted by Crippen LogP contribution is 2.29. The molecule has 1 saturated heterocycles. The normalized spacial score (nSPS) is 14.9. The number of nitrogens with zero attached hydrogens (tertiary/aromatic N) is 3. The Kier molecular flexibility index (Phi) is 6.88. The highest BCUT2D eigenvalue weighted by Gasteiger charge is 2.22. The summed E-state index contributed by atoms with van der Waals surface area (Å²) in [4.78, 5) is 33.0. The van der Waals surface area contributed by atoms with Gasteiger partial charge in [-0.05, 0) is 51.5 Å². The van der Waals surface area contributed by atoms with Crippen LogP contribution in [0, 0.1) is 6.92 Å². The van der Waals surface area contributed by atoms with Gasteiger partial charge in [-0.15, -0.1) is 0 Å². The van der Waals surface area contributed by atoms with Crippen molar-refractivity contribution in [1.29, 1.82) is 0 Å². The van der Waals surface area contributed by atoms with E-state index in [2.05, 4.69) is 10.2 Å². The number of aromatic nitrogens is 2. The zero-order chi connectivity index (χ0) is 24.4. The number of rotatable bonds is 6. The Labute approximate surface area is 199 Å². The van der Waals surface area contributed by atoms with Crippen molar-refractivity contribution in [2.75, 3.05) is 36.5 Å². The van der Waals surface area contributed by atoms with Crippen molar-refractivity contribution in [3.8, 4) is 0 Å². The number of carbonyl (C=O) groups excluding carboxylic acids is 1. The fraction of sp³-hybridized carbons (Fsp3) is 0.423. The summed E-state index contributed by atoms with van der Waals surface area (Å²) >= 11 is 0. The van der Waals surface area contributed by atoms with Gasteiger partial charge in [-0.3, -0.25) is 9.36 Å². The van der Waals surface area contributed by atoms with Crippen molar-refractivity contribution >= 4 is 28.5 Å². The Morgan fingerprint density at radius 3 is 2.56 bits per heavy atom. The van der Waals surface area contributed by atoms with Gasteiger partial charge < -0.3 is 19.7 Å². The summed E-state index contributed by atoms with van der Waals surface area (Å²) in [6, 6.07) is 11.0. The summed E-state index contributed by atoms with van der Waals surface area (Å²) in [7, 11) is 1.76. The lowest BCUT2D eigenvalue weighted by Crippen LogP contribution is -2.40. The molecule has 1 aromatic heterocycles. The van der Waals surface area contributed by atoms with Gasteiger partial charge in [0.25, 0.3) is 5.56 Å². The van der Waals surface area contributed by atoms with E-state index in [0.29, 0.717) is 54.4 Å². The van der Waals surface area contributed by atoms with E-state index in [-0.39, 0.29) is 23.7 Å². The molecule has 4 rings (SSSR count). The van der Waals surface area contributed by atoms with Crippen molar-refractivity contribution in [1.82, 2.24) is 9.55 Å². The maximum atomic E-state index is 13.3. The molecule has 3 aromatic rings. The van der Waals surface area contributed by atoms with E-state index < -0.39 is 0 Å². The molecular weight excluding hydrogens is 432 g/mol.